The SMILES string of the molecule is CCOc1cccc(CN)c1OCc1cccc(Cl)c1Cl. The molecule has 0 spiro atoms. The highest BCUT2D eigenvalue weighted by Crippen LogP contribution is 2.33. The average molecular weight is 326 g/mol. The van der Waals surface area contributed by atoms with E-state index in [-0.39, 0.29) is 0 Å². The molecule has 2 aromatic rings. The van der Waals surface area contributed by atoms with Crippen molar-refractivity contribution in [2.24, 2.45) is 5.73 Å². The smallest absolute Gasteiger partial charge is 0.166 e. The lowest BCUT2D eigenvalue weighted by Gasteiger charge is -2.16. The van der Waals surface area contributed by atoms with Crippen molar-refractivity contribution in [2.45, 2.75) is 20.1 Å². The van der Waals surface area contributed by atoms with Crippen LogP contribution >= 0.6 is 23.2 Å². The highest BCUT2D eigenvalue weighted by atomic mass is 35.5. The lowest BCUT2D eigenvalue weighted by atomic mass is 10.2. The first-order valence-corrected chi connectivity index (χ1v) is 7.43. The summed E-state index contributed by atoms with van der Waals surface area (Å²) in [6, 6.07) is 11.1. The molecule has 0 unspecified atom stereocenters. The van der Waals surface area contributed by atoms with Gasteiger partial charge in [0.1, 0.15) is 6.61 Å². The Balaban J connectivity index is 2.24. The molecule has 0 saturated heterocycles. The maximum Gasteiger partial charge on any atom is 0.166 e. The van der Waals surface area contributed by atoms with E-state index >= 15 is 0 Å². The Bertz CT molecular complexity index is 617. The summed E-state index contributed by atoms with van der Waals surface area (Å²) < 4.78 is 11.5. The molecule has 0 aromatic heterocycles. The van der Waals surface area contributed by atoms with E-state index in [2.05, 4.69) is 0 Å². The second kappa shape index (κ2) is 7.55. The second-order valence-corrected chi connectivity index (χ2v) is 5.17. The Kier molecular flexibility index (Phi) is 5.74. The summed E-state index contributed by atoms with van der Waals surface area (Å²) in [6.45, 7) is 3.16. The zero-order valence-corrected chi connectivity index (χ0v) is 13.2. The number of rotatable bonds is 6. The molecule has 112 valence electrons. The highest BCUT2D eigenvalue weighted by Gasteiger charge is 2.12. The number of para-hydroxylation sites is 1. The van der Waals surface area contributed by atoms with Crippen molar-refractivity contribution < 1.29 is 9.47 Å². The molecule has 0 bridgehead atoms. The molecular formula is C16H17Cl2NO2. The molecule has 0 aliphatic carbocycles. The van der Waals surface area contributed by atoms with E-state index in [4.69, 9.17) is 38.4 Å². The average Bonchev–Trinajstić information content (AvgIpc) is 2.49. The third kappa shape index (κ3) is 3.82. The molecule has 2 aromatic carbocycles. The molecule has 0 heterocycles. The van der Waals surface area contributed by atoms with E-state index in [0.29, 0.717) is 41.3 Å². The van der Waals surface area contributed by atoms with Crippen LogP contribution in [0.15, 0.2) is 36.4 Å². The predicted molar refractivity (Wildman–Crippen MR) is 86.3 cm³/mol. The molecule has 0 aliphatic rings. The van der Waals surface area contributed by atoms with Gasteiger partial charge in [0.2, 0.25) is 0 Å². The van der Waals surface area contributed by atoms with Gasteiger partial charge in [-0.1, -0.05) is 47.5 Å². The van der Waals surface area contributed by atoms with Gasteiger partial charge in [0.25, 0.3) is 0 Å². The van der Waals surface area contributed by atoms with Crippen LogP contribution < -0.4 is 15.2 Å². The van der Waals surface area contributed by atoms with E-state index < -0.39 is 0 Å². The minimum absolute atomic E-state index is 0.302. The summed E-state index contributed by atoms with van der Waals surface area (Å²) >= 11 is 12.2. The van der Waals surface area contributed by atoms with E-state index in [9.17, 15) is 0 Å². The fraction of sp³-hybridized carbons (Fsp3) is 0.250. The Morgan fingerprint density at radius 3 is 2.43 bits per heavy atom. The number of ether oxygens (including phenoxy) is 2. The first kappa shape index (κ1) is 16.0. The van der Waals surface area contributed by atoms with Gasteiger partial charge in [-0.15, -0.1) is 0 Å². The zero-order valence-electron chi connectivity index (χ0n) is 11.7. The molecule has 0 fully saturated rings. The first-order valence-electron chi connectivity index (χ1n) is 6.67. The summed E-state index contributed by atoms with van der Waals surface area (Å²) in [7, 11) is 0. The lowest BCUT2D eigenvalue weighted by molar-refractivity contribution is 0.267. The molecule has 0 amide bonds. The van der Waals surface area contributed by atoms with E-state index in [1.165, 1.54) is 0 Å². The maximum atomic E-state index is 6.17. The van der Waals surface area contributed by atoms with Crippen LogP contribution in [0.1, 0.15) is 18.1 Å². The lowest BCUT2D eigenvalue weighted by Crippen LogP contribution is -2.05. The monoisotopic (exact) mass is 325 g/mol. The van der Waals surface area contributed by atoms with Crippen LogP contribution in [0.2, 0.25) is 10.0 Å². The number of nitrogens with two attached hydrogens (primary N) is 1. The molecule has 21 heavy (non-hydrogen) atoms. The molecule has 2 rings (SSSR count). The largest absolute Gasteiger partial charge is 0.490 e. The Morgan fingerprint density at radius 2 is 1.71 bits per heavy atom. The van der Waals surface area contributed by atoms with Crippen molar-refractivity contribution in [1.82, 2.24) is 0 Å². The van der Waals surface area contributed by atoms with Crippen molar-refractivity contribution in [3.63, 3.8) is 0 Å². The number of benzene rings is 2. The highest BCUT2D eigenvalue weighted by molar-refractivity contribution is 6.42. The van der Waals surface area contributed by atoms with Crippen molar-refractivity contribution in [3.8, 4) is 11.5 Å². The Morgan fingerprint density at radius 1 is 1.00 bits per heavy atom. The number of hydrogen-bond acceptors (Lipinski definition) is 3. The predicted octanol–water partition coefficient (Wildman–Crippen LogP) is 4.43. The van der Waals surface area contributed by atoms with E-state index in [1.54, 1.807) is 6.07 Å². The molecule has 5 heteroatoms. The summed E-state index contributed by atoms with van der Waals surface area (Å²) in [5, 5.41) is 1.01. The first-order chi connectivity index (χ1) is 10.2. The maximum absolute atomic E-state index is 6.17. The van der Waals surface area contributed by atoms with Gasteiger partial charge in [-0.3, -0.25) is 0 Å². The van der Waals surface area contributed by atoms with Crippen LogP contribution in [0, 0.1) is 0 Å². The van der Waals surface area contributed by atoms with Crippen LogP contribution in [0.5, 0.6) is 11.5 Å². The van der Waals surface area contributed by atoms with Crippen LogP contribution in [0.3, 0.4) is 0 Å². The number of halogens is 2. The Hall–Kier alpha value is -1.42. The standard InChI is InChI=1S/C16H17Cl2NO2/c1-2-20-14-8-4-5-11(9-19)16(14)21-10-12-6-3-7-13(17)15(12)18/h3-8H,2,9-10,19H2,1H3. The Labute approximate surface area is 134 Å². The van der Waals surface area contributed by atoms with Crippen LogP contribution in [-0.2, 0) is 13.2 Å². The van der Waals surface area contributed by atoms with E-state index in [0.717, 1.165) is 11.1 Å². The zero-order chi connectivity index (χ0) is 15.2. The van der Waals surface area contributed by atoms with Gasteiger partial charge >= 0.3 is 0 Å². The summed E-state index contributed by atoms with van der Waals surface area (Å²) in [4.78, 5) is 0. The normalized spacial score (nSPS) is 10.5. The van der Waals surface area contributed by atoms with Gasteiger partial charge < -0.3 is 15.2 Å². The fourth-order valence-corrected chi connectivity index (χ4v) is 2.34. The van der Waals surface area contributed by atoms with Gasteiger partial charge in [0.05, 0.1) is 16.7 Å². The molecule has 2 N–H and O–H groups in total. The quantitative estimate of drug-likeness (QED) is 0.854. The van der Waals surface area contributed by atoms with Crippen LogP contribution in [0.25, 0.3) is 0 Å². The van der Waals surface area contributed by atoms with Gasteiger partial charge in [0.15, 0.2) is 11.5 Å². The molecular weight excluding hydrogens is 309 g/mol. The fourth-order valence-electron chi connectivity index (χ4n) is 1.96. The third-order valence-electron chi connectivity index (χ3n) is 2.98. The van der Waals surface area contributed by atoms with Gasteiger partial charge in [0, 0.05) is 17.7 Å². The molecule has 3 nitrogen and oxygen atoms in total. The number of hydrogen-bond donors (Lipinski definition) is 1. The van der Waals surface area contributed by atoms with Crippen molar-refractivity contribution in [1.29, 1.82) is 0 Å². The van der Waals surface area contributed by atoms with Gasteiger partial charge in [-0.05, 0) is 19.1 Å². The van der Waals surface area contributed by atoms with Crippen molar-refractivity contribution in [3.05, 3.63) is 57.6 Å². The van der Waals surface area contributed by atoms with Crippen LogP contribution in [0.4, 0.5) is 0 Å². The summed E-state index contributed by atoms with van der Waals surface area (Å²) in [5.41, 5.74) is 7.46. The molecule has 0 atom stereocenters. The van der Waals surface area contributed by atoms with E-state index in [1.807, 2.05) is 37.3 Å². The summed E-state index contributed by atoms with van der Waals surface area (Å²) in [6.07, 6.45) is 0. The molecule has 0 aliphatic heterocycles. The molecule has 0 radical (unpaired) electrons. The minimum Gasteiger partial charge on any atom is -0.490 e. The van der Waals surface area contributed by atoms with Gasteiger partial charge in [-0.25, -0.2) is 0 Å². The topological polar surface area (TPSA) is 44.5 Å². The minimum atomic E-state index is 0.302. The van der Waals surface area contributed by atoms with Crippen molar-refractivity contribution >= 4 is 23.2 Å². The molecule has 0 saturated carbocycles. The van der Waals surface area contributed by atoms with Gasteiger partial charge in [-0.2, -0.15) is 0 Å². The summed E-state index contributed by atoms with van der Waals surface area (Å²) in [5.74, 6) is 1.33. The third-order valence-corrected chi connectivity index (χ3v) is 3.84. The van der Waals surface area contributed by atoms with Crippen LogP contribution in [-0.4, -0.2) is 6.61 Å². The second-order valence-electron chi connectivity index (χ2n) is 4.38. The van der Waals surface area contributed by atoms with Crippen molar-refractivity contribution in [2.75, 3.05) is 6.61 Å².